The van der Waals surface area contributed by atoms with E-state index in [9.17, 15) is 0 Å². The van der Waals surface area contributed by atoms with Gasteiger partial charge in [-0.2, -0.15) is 0 Å². The molecule has 5 nitrogen and oxygen atoms in total. The van der Waals surface area contributed by atoms with Crippen LogP contribution in [0, 0.1) is 5.92 Å². The minimum Gasteiger partial charge on any atom is -0.493 e. The maximum Gasteiger partial charge on any atom is 0.161 e. The zero-order valence-electron chi connectivity index (χ0n) is 23.5. The molecule has 1 N–H and O–H groups in total. The molecule has 0 bridgehead atoms. The van der Waals surface area contributed by atoms with Gasteiger partial charge in [0.05, 0.1) is 14.2 Å². The highest BCUT2D eigenvalue weighted by atomic mass is 16.5. The number of aryl methyl sites for hydroxylation is 1. The molecular weight excluding hydrogens is 458 g/mol. The van der Waals surface area contributed by atoms with Gasteiger partial charge in [-0.3, -0.25) is 0 Å². The Morgan fingerprint density at radius 2 is 1.62 bits per heavy atom. The fourth-order valence-corrected chi connectivity index (χ4v) is 6.71. The number of nitrogens with zero attached hydrogens (tertiary/aromatic N) is 2. The molecule has 3 heterocycles. The van der Waals surface area contributed by atoms with Gasteiger partial charge < -0.3 is 24.3 Å². The molecule has 1 aromatic heterocycles. The number of hydrogen-bond acceptors (Lipinski definition) is 4. The van der Waals surface area contributed by atoms with Crippen molar-refractivity contribution in [3.63, 3.8) is 0 Å². The molecule has 2 aliphatic rings. The van der Waals surface area contributed by atoms with Crippen molar-refractivity contribution < 1.29 is 9.47 Å². The Labute approximate surface area is 223 Å². The normalized spacial score (nSPS) is 18.6. The van der Waals surface area contributed by atoms with Crippen molar-refractivity contribution in [1.29, 1.82) is 0 Å². The van der Waals surface area contributed by atoms with E-state index in [2.05, 4.69) is 65.9 Å². The molecule has 37 heavy (non-hydrogen) atoms. The Morgan fingerprint density at radius 3 is 2.27 bits per heavy atom. The van der Waals surface area contributed by atoms with E-state index in [1.807, 2.05) is 6.07 Å². The van der Waals surface area contributed by atoms with Crippen molar-refractivity contribution in [1.82, 2.24) is 14.8 Å². The van der Waals surface area contributed by atoms with Gasteiger partial charge in [-0.05, 0) is 112 Å². The average Bonchev–Trinajstić information content (AvgIpc) is 3.30. The van der Waals surface area contributed by atoms with Crippen molar-refractivity contribution >= 4 is 10.9 Å². The van der Waals surface area contributed by atoms with Crippen LogP contribution in [0.15, 0.2) is 36.4 Å². The molecule has 3 aromatic rings. The molecule has 200 valence electrons. The number of likely N-dealkylation sites (tertiary alicyclic amines) is 2. The van der Waals surface area contributed by atoms with Gasteiger partial charge in [0.15, 0.2) is 11.5 Å². The van der Waals surface area contributed by atoms with Gasteiger partial charge in [0, 0.05) is 34.7 Å². The predicted molar refractivity (Wildman–Crippen MR) is 154 cm³/mol. The number of aromatic amines is 1. The van der Waals surface area contributed by atoms with Crippen LogP contribution in [0.4, 0.5) is 0 Å². The molecule has 0 amide bonds. The highest BCUT2D eigenvalue weighted by Crippen LogP contribution is 2.38. The largest absolute Gasteiger partial charge is 0.493 e. The first-order valence-corrected chi connectivity index (χ1v) is 14.3. The summed E-state index contributed by atoms with van der Waals surface area (Å²) < 4.78 is 11.0. The third kappa shape index (κ3) is 5.53. The molecule has 0 unspecified atom stereocenters. The lowest BCUT2D eigenvalue weighted by molar-refractivity contribution is 0.0828. The molecule has 0 spiro atoms. The highest BCUT2D eigenvalue weighted by molar-refractivity contribution is 5.91. The summed E-state index contributed by atoms with van der Waals surface area (Å²) >= 11 is 0. The maximum absolute atomic E-state index is 5.57. The molecule has 5 rings (SSSR count). The topological polar surface area (TPSA) is 40.7 Å². The number of fused-ring (bicyclic) bond motifs is 1. The Hall–Kier alpha value is -2.50. The summed E-state index contributed by atoms with van der Waals surface area (Å²) in [5.41, 5.74) is 6.44. The van der Waals surface area contributed by atoms with Crippen LogP contribution in [0.3, 0.4) is 0 Å². The summed E-state index contributed by atoms with van der Waals surface area (Å²) in [4.78, 5) is 9.17. The quantitative estimate of drug-likeness (QED) is 0.371. The lowest BCUT2D eigenvalue weighted by Gasteiger charge is -2.42. The number of benzene rings is 2. The Morgan fingerprint density at radius 1 is 0.892 bits per heavy atom. The Balaban J connectivity index is 1.29. The van der Waals surface area contributed by atoms with Crippen molar-refractivity contribution in [2.45, 2.75) is 64.8 Å². The Bertz CT molecular complexity index is 1180. The van der Waals surface area contributed by atoms with Crippen LogP contribution >= 0.6 is 0 Å². The molecule has 2 fully saturated rings. The van der Waals surface area contributed by atoms with Crippen LogP contribution in [0.5, 0.6) is 11.5 Å². The highest BCUT2D eigenvalue weighted by Gasteiger charge is 2.29. The molecule has 0 aliphatic carbocycles. The average molecular weight is 504 g/mol. The van der Waals surface area contributed by atoms with Gasteiger partial charge >= 0.3 is 0 Å². The van der Waals surface area contributed by atoms with Crippen molar-refractivity contribution in [3.8, 4) is 22.8 Å². The van der Waals surface area contributed by atoms with Crippen LogP contribution in [-0.2, 0) is 6.42 Å². The summed E-state index contributed by atoms with van der Waals surface area (Å²) in [5.74, 6) is 2.95. The van der Waals surface area contributed by atoms with Gasteiger partial charge in [-0.25, -0.2) is 0 Å². The second-order valence-electron chi connectivity index (χ2n) is 11.4. The predicted octanol–water partition coefficient (Wildman–Crippen LogP) is 6.71. The molecule has 5 heteroatoms. The van der Waals surface area contributed by atoms with E-state index < -0.39 is 0 Å². The van der Waals surface area contributed by atoms with Crippen LogP contribution in [0.25, 0.3) is 22.2 Å². The van der Waals surface area contributed by atoms with Gasteiger partial charge in [0.1, 0.15) is 0 Å². The smallest absolute Gasteiger partial charge is 0.161 e. The third-order valence-corrected chi connectivity index (χ3v) is 8.65. The zero-order chi connectivity index (χ0) is 25.9. The number of H-pyrrole nitrogens is 1. The van der Waals surface area contributed by atoms with Gasteiger partial charge in [0.25, 0.3) is 0 Å². The third-order valence-electron chi connectivity index (χ3n) is 8.65. The van der Waals surface area contributed by atoms with E-state index in [1.54, 1.807) is 14.2 Å². The first-order chi connectivity index (χ1) is 18.0. The number of nitrogens with one attached hydrogen (secondary N) is 1. The first-order valence-electron chi connectivity index (χ1n) is 14.3. The second-order valence-corrected chi connectivity index (χ2v) is 11.4. The fraction of sp³-hybridized carbons (Fsp3) is 0.562. The van der Waals surface area contributed by atoms with E-state index in [1.165, 1.54) is 86.1 Å². The van der Waals surface area contributed by atoms with Crippen molar-refractivity contribution in [2.24, 2.45) is 5.92 Å². The zero-order valence-corrected chi connectivity index (χ0v) is 23.5. The number of rotatable bonds is 8. The van der Waals surface area contributed by atoms with Crippen molar-refractivity contribution in [3.05, 3.63) is 47.5 Å². The number of methoxy groups -OCH3 is 2. The minimum atomic E-state index is 0.658. The monoisotopic (exact) mass is 503 g/mol. The van der Waals surface area contributed by atoms with E-state index in [4.69, 9.17) is 9.47 Å². The fourth-order valence-electron chi connectivity index (χ4n) is 6.71. The van der Waals surface area contributed by atoms with E-state index in [-0.39, 0.29) is 0 Å². The van der Waals surface area contributed by atoms with Crippen LogP contribution in [0.1, 0.15) is 63.5 Å². The SMILES string of the molecule is CCc1c(-c2ccc(OC)c(OC)c2)[nH]c2ccc(C3CCN(C4CCN(CC(C)C)CC4)CC3)cc12. The van der Waals surface area contributed by atoms with E-state index >= 15 is 0 Å². The summed E-state index contributed by atoms with van der Waals surface area (Å²) in [6.07, 6.45) is 6.20. The van der Waals surface area contributed by atoms with Gasteiger partial charge in [-0.1, -0.05) is 26.8 Å². The molecule has 0 atom stereocenters. The standard InChI is InChI=1S/C32H45N3O2/c1-6-27-28-19-24(7-9-29(28)33-32(27)25-8-10-30(36-4)31(20-25)37-5)23-11-17-35(18-12-23)26-13-15-34(16-14-26)21-22(2)3/h7-10,19-20,22-23,26,33H,6,11-18,21H2,1-5H3. The molecule has 0 saturated carbocycles. The lowest BCUT2D eigenvalue weighted by Crippen LogP contribution is -2.48. The van der Waals surface area contributed by atoms with Crippen LogP contribution in [-0.4, -0.2) is 67.8 Å². The number of piperidine rings is 2. The first kappa shape index (κ1) is 26.1. The Kier molecular flexibility index (Phi) is 8.11. The molecule has 2 saturated heterocycles. The molecular formula is C32H45N3O2. The number of aromatic nitrogens is 1. The molecule has 2 aromatic carbocycles. The molecule has 0 radical (unpaired) electrons. The minimum absolute atomic E-state index is 0.658. The van der Waals surface area contributed by atoms with Crippen LogP contribution < -0.4 is 9.47 Å². The van der Waals surface area contributed by atoms with Crippen LogP contribution in [0.2, 0.25) is 0 Å². The summed E-state index contributed by atoms with van der Waals surface area (Å²) in [6, 6.07) is 14.1. The van der Waals surface area contributed by atoms with Gasteiger partial charge in [0.2, 0.25) is 0 Å². The second kappa shape index (κ2) is 11.5. The number of hydrogen-bond donors (Lipinski definition) is 1. The van der Waals surface area contributed by atoms with Gasteiger partial charge in [-0.15, -0.1) is 0 Å². The summed E-state index contributed by atoms with van der Waals surface area (Å²) in [7, 11) is 3.38. The number of ether oxygens (including phenoxy) is 2. The van der Waals surface area contributed by atoms with E-state index in [0.717, 1.165) is 35.4 Å². The summed E-state index contributed by atoms with van der Waals surface area (Å²) in [5, 5.41) is 1.37. The summed E-state index contributed by atoms with van der Waals surface area (Å²) in [6.45, 7) is 13.2. The van der Waals surface area contributed by atoms with E-state index in [0.29, 0.717) is 5.92 Å². The lowest BCUT2D eigenvalue weighted by atomic mass is 9.87. The molecule has 2 aliphatic heterocycles. The van der Waals surface area contributed by atoms with Crippen molar-refractivity contribution in [2.75, 3.05) is 46.9 Å². The maximum atomic E-state index is 5.57.